The highest BCUT2D eigenvalue weighted by molar-refractivity contribution is 6.24. The first kappa shape index (κ1) is 17.6. The van der Waals surface area contributed by atoms with E-state index in [-0.39, 0.29) is 0 Å². The van der Waals surface area contributed by atoms with E-state index in [1.54, 1.807) is 6.07 Å². The Morgan fingerprint density at radius 1 is 0.750 bits per heavy atom. The lowest BCUT2D eigenvalue weighted by atomic mass is 9.94. The van der Waals surface area contributed by atoms with Crippen LogP contribution in [0, 0.1) is 0 Å². The summed E-state index contributed by atoms with van der Waals surface area (Å²) in [5.74, 6) is 0.495. The van der Waals surface area contributed by atoms with Gasteiger partial charge in [0, 0.05) is 10.8 Å². The molecular formula is C22H20O6. The van der Waals surface area contributed by atoms with Gasteiger partial charge in [-0.3, -0.25) is 0 Å². The first-order valence-corrected chi connectivity index (χ1v) is 9.22. The number of rotatable bonds is 3. The highest BCUT2D eigenvalue weighted by Gasteiger charge is 2.44. The van der Waals surface area contributed by atoms with E-state index in [1.807, 2.05) is 24.3 Å². The van der Waals surface area contributed by atoms with Gasteiger partial charge in [-0.05, 0) is 33.7 Å². The molecule has 2 unspecified atom stereocenters. The van der Waals surface area contributed by atoms with Crippen LogP contribution in [0.15, 0.2) is 54.6 Å². The average molecular weight is 380 g/mol. The molecule has 6 heteroatoms. The number of aliphatic hydroxyl groups excluding tert-OH is 4. The molecule has 1 heterocycles. The van der Waals surface area contributed by atoms with Gasteiger partial charge >= 0.3 is 0 Å². The van der Waals surface area contributed by atoms with Crippen LogP contribution >= 0.6 is 0 Å². The lowest BCUT2D eigenvalue weighted by Crippen LogP contribution is -2.60. The topological polar surface area (TPSA) is 99.4 Å². The predicted octanol–water partition coefficient (Wildman–Crippen LogP) is 1.76. The molecule has 1 aliphatic heterocycles. The molecule has 0 amide bonds. The van der Waals surface area contributed by atoms with E-state index in [0.717, 1.165) is 32.3 Å². The van der Waals surface area contributed by atoms with Gasteiger partial charge in [-0.2, -0.15) is 0 Å². The Bertz CT molecular complexity index is 1120. The second-order valence-electron chi connectivity index (χ2n) is 7.23. The first-order valence-electron chi connectivity index (χ1n) is 9.22. The molecule has 0 aromatic heterocycles. The summed E-state index contributed by atoms with van der Waals surface area (Å²) in [5.41, 5.74) is 0. The van der Waals surface area contributed by atoms with Crippen molar-refractivity contribution in [1.29, 1.82) is 0 Å². The van der Waals surface area contributed by atoms with Gasteiger partial charge in [0.05, 0.1) is 6.61 Å². The van der Waals surface area contributed by atoms with E-state index in [2.05, 4.69) is 24.3 Å². The summed E-state index contributed by atoms with van der Waals surface area (Å²) in [5, 5.41) is 46.0. The fourth-order valence-electron chi connectivity index (χ4n) is 4.10. The van der Waals surface area contributed by atoms with Crippen LogP contribution in [0.4, 0.5) is 0 Å². The van der Waals surface area contributed by atoms with Crippen LogP contribution in [0.5, 0.6) is 5.75 Å². The normalized spacial score (nSPS) is 28.4. The molecule has 4 aromatic carbocycles. The van der Waals surface area contributed by atoms with E-state index < -0.39 is 37.3 Å². The van der Waals surface area contributed by atoms with Crippen molar-refractivity contribution in [2.45, 2.75) is 30.7 Å². The summed E-state index contributed by atoms with van der Waals surface area (Å²) in [4.78, 5) is 0. The zero-order chi connectivity index (χ0) is 19.4. The van der Waals surface area contributed by atoms with Crippen molar-refractivity contribution in [3.8, 4) is 5.75 Å². The summed E-state index contributed by atoms with van der Waals surface area (Å²) >= 11 is 0. The minimum Gasteiger partial charge on any atom is -0.461 e. The van der Waals surface area contributed by atoms with Gasteiger partial charge in [-0.1, -0.05) is 42.5 Å². The fourth-order valence-corrected chi connectivity index (χ4v) is 4.10. The van der Waals surface area contributed by atoms with Crippen molar-refractivity contribution in [3.05, 3.63) is 54.6 Å². The van der Waals surface area contributed by atoms with Gasteiger partial charge in [-0.25, -0.2) is 0 Å². The van der Waals surface area contributed by atoms with Crippen LogP contribution in [0.25, 0.3) is 32.3 Å². The summed E-state index contributed by atoms with van der Waals surface area (Å²) < 4.78 is 11.4. The Labute approximate surface area is 160 Å². The van der Waals surface area contributed by atoms with Gasteiger partial charge in [0.2, 0.25) is 6.29 Å². The molecule has 5 rings (SSSR count). The number of hydrogen-bond acceptors (Lipinski definition) is 6. The van der Waals surface area contributed by atoms with Gasteiger partial charge in [-0.15, -0.1) is 0 Å². The van der Waals surface area contributed by atoms with E-state index in [0.29, 0.717) is 5.75 Å². The molecule has 4 N–H and O–H groups in total. The zero-order valence-corrected chi connectivity index (χ0v) is 14.9. The number of benzene rings is 4. The molecule has 4 aromatic rings. The lowest BCUT2D eigenvalue weighted by molar-refractivity contribution is -0.277. The third-order valence-corrected chi connectivity index (χ3v) is 5.58. The van der Waals surface area contributed by atoms with E-state index >= 15 is 0 Å². The Kier molecular flexibility index (Phi) is 4.12. The molecule has 0 saturated carbocycles. The van der Waals surface area contributed by atoms with Crippen molar-refractivity contribution in [1.82, 2.24) is 0 Å². The summed E-state index contributed by atoms with van der Waals surface area (Å²) in [6.07, 6.45) is -6.56. The molecule has 28 heavy (non-hydrogen) atoms. The van der Waals surface area contributed by atoms with Crippen LogP contribution in [-0.2, 0) is 4.74 Å². The van der Waals surface area contributed by atoms with E-state index in [9.17, 15) is 20.4 Å². The van der Waals surface area contributed by atoms with Gasteiger partial charge in [0.15, 0.2) is 0 Å². The molecule has 144 valence electrons. The van der Waals surface area contributed by atoms with Crippen LogP contribution in [-0.4, -0.2) is 57.7 Å². The van der Waals surface area contributed by atoms with Gasteiger partial charge < -0.3 is 29.9 Å². The zero-order valence-electron chi connectivity index (χ0n) is 14.9. The van der Waals surface area contributed by atoms with Gasteiger partial charge in [0.1, 0.15) is 30.2 Å². The molecule has 6 nitrogen and oxygen atoms in total. The third kappa shape index (κ3) is 2.54. The van der Waals surface area contributed by atoms with E-state index in [4.69, 9.17) is 9.47 Å². The van der Waals surface area contributed by atoms with Gasteiger partial charge in [0.25, 0.3) is 0 Å². The molecule has 5 atom stereocenters. The Morgan fingerprint density at radius 3 is 2.11 bits per heavy atom. The van der Waals surface area contributed by atoms with Crippen molar-refractivity contribution >= 4 is 32.3 Å². The summed E-state index contributed by atoms with van der Waals surface area (Å²) in [6, 6.07) is 18.0. The van der Waals surface area contributed by atoms with Crippen LogP contribution in [0.2, 0.25) is 0 Å². The number of hydrogen-bond donors (Lipinski definition) is 4. The third-order valence-electron chi connectivity index (χ3n) is 5.58. The monoisotopic (exact) mass is 380 g/mol. The molecule has 1 fully saturated rings. The Hall–Kier alpha value is -2.48. The minimum atomic E-state index is -1.48. The maximum absolute atomic E-state index is 10.3. The maximum Gasteiger partial charge on any atom is 0.229 e. The van der Waals surface area contributed by atoms with Crippen LogP contribution in [0.3, 0.4) is 0 Å². The van der Waals surface area contributed by atoms with Crippen molar-refractivity contribution in [3.63, 3.8) is 0 Å². The predicted molar refractivity (Wildman–Crippen MR) is 105 cm³/mol. The molecule has 0 radical (unpaired) electrons. The second-order valence-corrected chi connectivity index (χ2v) is 7.23. The maximum atomic E-state index is 10.3. The van der Waals surface area contributed by atoms with E-state index in [1.165, 1.54) is 0 Å². The lowest BCUT2D eigenvalue weighted by Gasteiger charge is -2.39. The molecule has 0 aliphatic carbocycles. The van der Waals surface area contributed by atoms with Crippen molar-refractivity contribution in [2.24, 2.45) is 0 Å². The van der Waals surface area contributed by atoms with Crippen molar-refractivity contribution in [2.75, 3.05) is 6.61 Å². The summed E-state index contributed by atoms with van der Waals surface area (Å²) in [6.45, 7) is -0.497. The smallest absolute Gasteiger partial charge is 0.229 e. The molecule has 0 spiro atoms. The Balaban J connectivity index is 1.61. The van der Waals surface area contributed by atoms with Crippen LogP contribution < -0.4 is 4.74 Å². The fraction of sp³-hybridized carbons (Fsp3) is 0.273. The molecule has 1 aliphatic rings. The quantitative estimate of drug-likeness (QED) is 0.404. The highest BCUT2D eigenvalue weighted by Crippen LogP contribution is 2.39. The standard InChI is InChI=1S/C22H20O6/c23-10-16-19(24)20(25)21(26)22(28-16)27-15-9-7-13-5-4-11-2-1-3-12-6-8-14(15)18(13)17(11)12/h1-9,16,19-26H,10H2/t16-,19?,20?,21-,22-/m1/s1. The highest BCUT2D eigenvalue weighted by atomic mass is 16.7. The minimum absolute atomic E-state index is 0.495. The molecule has 0 bridgehead atoms. The summed E-state index contributed by atoms with van der Waals surface area (Å²) in [7, 11) is 0. The van der Waals surface area contributed by atoms with Crippen molar-refractivity contribution < 1.29 is 29.9 Å². The van der Waals surface area contributed by atoms with Crippen LogP contribution in [0.1, 0.15) is 0 Å². The second kappa shape index (κ2) is 6.55. The molecule has 1 saturated heterocycles. The SMILES string of the molecule is OC[C@H]1O[C@@H](Oc2ccc3ccc4cccc5ccc2c3c45)[C@H](O)C(O)C1O. The first-order chi connectivity index (χ1) is 13.6. The Morgan fingerprint density at radius 2 is 1.39 bits per heavy atom. The molecular weight excluding hydrogens is 360 g/mol. The number of ether oxygens (including phenoxy) is 2. The average Bonchev–Trinajstić information content (AvgIpc) is 2.73. The number of aliphatic hydroxyl groups is 4. The largest absolute Gasteiger partial charge is 0.461 e.